The SMILES string of the molecule is Fc1ccc(CN2CCC[C@@H](c3nc4ccc(N5CCCC5)cn4n3)C2)cc1. The third-order valence-corrected chi connectivity index (χ3v) is 5.99. The number of pyridine rings is 1. The van der Waals surface area contributed by atoms with Crippen LogP contribution in [0.15, 0.2) is 42.6 Å². The lowest BCUT2D eigenvalue weighted by Gasteiger charge is -2.31. The summed E-state index contributed by atoms with van der Waals surface area (Å²) in [7, 11) is 0. The highest BCUT2D eigenvalue weighted by molar-refractivity contribution is 5.52. The van der Waals surface area contributed by atoms with Gasteiger partial charge in [-0.15, -0.1) is 0 Å². The van der Waals surface area contributed by atoms with Crippen LogP contribution < -0.4 is 4.90 Å². The fourth-order valence-electron chi connectivity index (χ4n) is 4.48. The van der Waals surface area contributed by atoms with Gasteiger partial charge in [-0.1, -0.05) is 12.1 Å². The standard InChI is InChI=1S/C22H26FN5/c23-19-7-5-17(6-8-19)14-26-11-3-4-18(15-26)22-24-21-10-9-20(16-28(21)25-22)27-12-1-2-13-27/h5-10,16,18H,1-4,11-15H2/t18-/m1/s1. The van der Waals surface area contributed by atoms with Gasteiger partial charge in [0.1, 0.15) is 5.82 Å². The lowest BCUT2D eigenvalue weighted by molar-refractivity contribution is 0.196. The minimum Gasteiger partial charge on any atom is -0.370 e. The minimum atomic E-state index is -0.178. The van der Waals surface area contributed by atoms with Crippen molar-refractivity contribution in [1.82, 2.24) is 19.5 Å². The first-order valence-electron chi connectivity index (χ1n) is 10.3. The normalized spacial score (nSPS) is 20.9. The molecular weight excluding hydrogens is 353 g/mol. The van der Waals surface area contributed by atoms with Crippen LogP contribution in [0.25, 0.3) is 5.65 Å². The van der Waals surface area contributed by atoms with E-state index in [4.69, 9.17) is 10.1 Å². The monoisotopic (exact) mass is 379 g/mol. The topological polar surface area (TPSA) is 36.7 Å². The molecular formula is C22H26FN5. The predicted molar refractivity (Wildman–Crippen MR) is 108 cm³/mol. The van der Waals surface area contributed by atoms with Crippen molar-refractivity contribution in [3.05, 3.63) is 59.8 Å². The quantitative estimate of drug-likeness (QED) is 0.690. The van der Waals surface area contributed by atoms with Crippen molar-refractivity contribution < 1.29 is 4.39 Å². The average molecular weight is 379 g/mol. The average Bonchev–Trinajstić information content (AvgIpc) is 3.39. The van der Waals surface area contributed by atoms with Crippen molar-refractivity contribution in [1.29, 1.82) is 0 Å². The first-order chi connectivity index (χ1) is 13.7. The van der Waals surface area contributed by atoms with Crippen LogP contribution in [0.3, 0.4) is 0 Å². The number of likely N-dealkylation sites (tertiary alicyclic amines) is 1. The fourth-order valence-corrected chi connectivity index (χ4v) is 4.48. The Morgan fingerprint density at radius 1 is 0.964 bits per heavy atom. The number of hydrogen-bond acceptors (Lipinski definition) is 4. The highest BCUT2D eigenvalue weighted by Gasteiger charge is 2.25. The fraction of sp³-hybridized carbons (Fsp3) is 0.455. The van der Waals surface area contributed by atoms with Crippen LogP contribution in [-0.4, -0.2) is 45.7 Å². The van der Waals surface area contributed by atoms with E-state index in [1.807, 2.05) is 16.6 Å². The van der Waals surface area contributed by atoms with Gasteiger partial charge in [0.25, 0.3) is 0 Å². The molecule has 0 saturated carbocycles. The van der Waals surface area contributed by atoms with Gasteiger partial charge in [0, 0.05) is 32.1 Å². The van der Waals surface area contributed by atoms with Gasteiger partial charge in [-0.25, -0.2) is 13.9 Å². The maximum Gasteiger partial charge on any atom is 0.156 e. The van der Waals surface area contributed by atoms with Gasteiger partial charge in [0.05, 0.1) is 11.9 Å². The number of rotatable bonds is 4. The summed E-state index contributed by atoms with van der Waals surface area (Å²) in [5, 5.41) is 4.82. The second-order valence-corrected chi connectivity index (χ2v) is 8.05. The van der Waals surface area contributed by atoms with E-state index in [0.717, 1.165) is 62.6 Å². The van der Waals surface area contributed by atoms with Gasteiger partial charge < -0.3 is 4.90 Å². The van der Waals surface area contributed by atoms with Crippen LogP contribution in [0.1, 0.15) is 43.0 Å². The van der Waals surface area contributed by atoms with Gasteiger partial charge in [-0.2, -0.15) is 5.10 Å². The molecule has 0 spiro atoms. The minimum absolute atomic E-state index is 0.178. The lowest BCUT2D eigenvalue weighted by atomic mass is 9.97. The molecule has 0 aliphatic carbocycles. The second kappa shape index (κ2) is 7.51. The van der Waals surface area contributed by atoms with Crippen LogP contribution >= 0.6 is 0 Å². The van der Waals surface area contributed by atoms with Crippen LogP contribution in [0.2, 0.25) is 0 Å². The van der Waals surface area contributed by atoms with E-state index >= 15 is 0 Å². The van der Waals surface area contributed by atoms with Crippen LogP contribution in [-0.2, 0) is 6.54 Å². The molecule has 2 aliphatic heterocycles. The number of halogens is 1. The van der Waals surface area contributed by atoms with Crippen molar-refractivity contribution in [2.24, 2.45) is 0 Å². The molecule has 146 valence electrons. The molecule has 0 bridgehead atoms. The first-order valence-corrected chi connectivity index (χ1v) is 10.3. The van der Waals surface area contributed by atoms with Crippen molar-refractivity contribution >= 4 is 11.3 Å². The first kappa shape index (κ1) is 17.6. The van der Waals surface area contributed by atoms with Crippen LogP contribution in [0.5, 0.6) is 0 Å². The molecule has 4 heterocycles. The Kier molecular flexibility index (Phi) is 4.72. The molecule has 0 N–H and O–H groups in total. The number of aromatic nitrogens is 3. The van der Waals surface area contributed by atoms with E-state index in [1.54, 1.807) is 12.1 Å². The summed E-state index contributed by atoms with van der Waals surface area (Å²) < 4.78 is 15.1. The molecule has 1 atom stereocenters. The Morgan fingerprint density at radius 2 is 1.79 bits per heavy atom. The number of nitrogens with zero attached hydrogens (tertiary/aromatic N) is 5. The largest absolute Gasteiger partial charge is 0.370 e. The highest BCUT2D eigenvalue weighted by Crippen LogP contribution is 2.27. The Morgan fingerprint density at radius 3 is 2.61 bits per heavy atom. The molecule has 2 fully saturated rings. The molecule has 3 aromatic rings. The summed E-state index contributed by atoms with van der Waals surface area (Å²) in [5.41, 5.74) is 3.32. The van der Waals surface area contributed by atoms with Gasteiger partial charge >= 0.3 is 0 Å². The summed E-state index contributed by atoms with van der Waals surface area (Å²) in [6, 6.07) is 11.1. The van der Waals surface area contributed by atoms with E-state index < -0.39 is 0 Å². The smallest absolute Gasteiger partial charge is 0.156 e. The Balaban J connectivity index is 1.31. The van der Waals surface area contributed by atoms with Gasteiger partial charge in [0.2, 0.25) is 0 Å². The summed E-state index contributed by atoms with van der Waals surface area (Å²) in [6.07, 6.45) is 6.92. The third kappa shape index (κ3) is 3.61. The van der Waals surface area contributed by atoms with Gasteiger partial charge in [-0.3, -0.25) is 4.90 Å². The molecule has 0 amide bonds. The maximum absolute atomic E-state index is 13.1. The molecule has 6 heteroatoms. The number of piperidine rings is 1. The predicted octanol–water partition coefficient (Wildman–Crippen LogP) is 3.85. The van der Waals surface area contributed by atoms with E-state index in [-0.39, 0.29) is 5.82 Å². The molecule has 2 saturated heterocycles. The summed E-state index contributed by atoms with van der Waals surface area (Å²) in [6.45, 7) is 5.14. The van der Waals surface area contributed by atoms with Gasteiger partial charge in [0.15, 0.2) is 11.5 Å². The molecule has 0 unspecified atom stereocenters. The van der Waals surface area contributed by atoms with Crippen LogP contribution in [0.4, 0.5) is 10.1 Å². The Bertz CT molecular complexity index is 945. The third-order valence-electron chi connectivity index (χ3n) is 5.99. The Hall–Kier alpha value is -2.47. The zero-order valence-electron chi connectivity index (χ0n) is 16.1. The number of benzene rings is 1. The van der Waals surface area contributed by atoms with E-state index in [2.05, 4.69) is 28.1 Å². The molecule has 1 aromatic carbocycles. The molecule has 2 aromatic heterocycles. The van der Waals surface area contributed by atoms with Crippen LogP contribution in [0, 0.1) is 5.82 Å². The lowest BCUT2D eigenvalue weighted by Crippen LogP contribution is -2.34. The summed E-state index contributed by atoms with van der Waals surface area (Å²) in [4.78, 5) is 9.67. The van der Waals surface area contributed by atoms with E-state index in [9.17, 15) is 4.39 Å². The summed E-state index contributed by atoms with van der Waals surface area (Å²) in [5.74, 6) is 1.12. The van der Waals surface area contributed by atoms with Crippen molar-refractivity contribution in [2.75, 3.05) is 31.1 Å². The number of anilines is 1. The van der Waals surface area contributed by atoms with E-state index in [0.29, 0.717) is 5.92 Å². The zero-order chi connectivity index (χ0) is 18.9. The van der Waals surface area contributed by atoms with E-state index in [1.165, 1.54) is 18.5 Å². The molecule has 28 heavy (non-hydrogen) atoms. The number of fused-ring (bicyclic) bond motifs is 1. The summed E-state index contributed by atoms with van der Waals surface area (Å²) >= 11 is 0. The molecule has 0 radical (unpaired) electrons. The number of hydrogen-bond donors (Lipinski definition) is 0. The van der Waals surface area contributed by atoms with Gasteiger partial charge in [-0.05, 0) is 62.1 Å². The molecule has 2 aliphatic rings. The van der Waals surface area contributed by atoms with Crippen molar-refractivity contribution in [2.45, 2.75) is 38.1 Å². The maximum atomic E-state index is 13.1. The van der Waals surface area contributed by atoms with Crippen molar-refractivity contribution in [3.63, 3.8) is 0 Å². The Labute approximate surface area is 164 Å². The molecule has 5 nitrogen and oxygen atoms in total. The zero-order valence-corrected chi connectivity index (χ0v) is 16.1. The molecule has 5 rings (SSSR count). The second-order valence-electron chi connectivity index (χ2n) is 8.05. The van der Waals surface area contributed by atoms with Crippen molar-refractivity contribution in [3.8, 4) is 0 Å². The highest BCUT2D eigenvalue weighted by atomic mass is 19.1.